The van der Waals surface area contributed by atoms with E-state index in [2.05, 4.69) is 5.32 Å². The average Bonchev–Trinajstić information content (AvgIpc) is 2.94. The summed E-state index contributed by atoms with van der Waals surface area (Å²) in [6, 6.07) is 5.29. The predicted molar refractivity (Wildman–Crippen MR) is 101 cm³/mol. The maximum absolute atomic E-state index is 13.3. The van der Waals surface area contributed by atoms with Crippen molar-refractivity contribution in [2.24, 2.45) is 5.92 Å². The Morgan fingerprint density at radius 3 is 2.29 bits per heavy atom. The van der Waals surface area contributed by atoms with E-state index in [1.165, 1.54) is 24.3 Å². The van der Waals surface area contributed by atoms with Crippen LogP contribution in [0, 0.1) is 5.92 Å². The lowest BCUT2D eigenvalue weighted by Crippen LogP contribution is -2.42. The van der Waals surface area contributed by atoms with Crippen molar-refractivity contribution in [2.75, 3.05) is 44.7 Å². The van der Waals surface area contributed by atoms with Crippen LogP contribution >= 0.6 is 0 Å². The van der Waals surface area contributed by atoms with Gasteiger partial charge in [-0.05, 0) is 31.4 Å². The third-order valence-electron chi connectivity index (χ3n) is 5.31. The van der Waals surface area contributed by atoms with E-state index in [4.69, 9.17) is 4.74 Å². The standard InChI is InChI=1S/C20H27F2N3O3/c1-20(21,22)16-3-5-17(6-4-16)23-19(27)25-10-2-9-24(11-12-25)18(26)15-7-13-28-14-8-15/h3-6,15H,2,7-14H2,1H3,(H,23,27). The smallest absolute Gasteiger partial charge is 0.321 e. The second kappa shape index (κ2) is 8.86. The van der Waals surface area contributed by atoms with Gasteiger partial charge in [-0.2, -0.15) is 0 Å². The normalized spacial score (nSPS) is 19.2. The summed E-state index contributed by atoms with van der Waals surface area (Å²) in [5, 5.41) is 2.75. The molecule has 1 N–H and O–H groups in total. The van der Waals surface area contributed by atoms with Crippen molar-refractivity contribution in [3.63, 3.8) is 0 Å². The lowest BCUT2D eigenvalue weighted by molar-refractivity contribution is -0.138. The number of nitrogens with zero attached hydrogens (tertiary/aromatic N) is 2. The monoisotopic (exact) mass is 395 g/mol. The number of hydrogen-bond acceptors (Lipinski definition) is 3. The minimum absolute atomic E-state index is 0.0179. The molecule has 0 bridgehead atoms. The number of alkyl halides is 2. The Balaban J connectivity index is 1.53. The number of ether oxygens (including phenoxy) is 1. The molecule has 3 rings (SSSR count). The van der Waals surface area contributed by atoms with Crippen molar-refractivity contribution in [2.45, 2.75) is 32.1 Å². The molecule has 154 valence electrons. The van der Waals surface area contributed by atoms with Crippen molar-refractivity contribution in [1.82, 2.24) is 9.80 Å². The molecule has 8 heteroatoms. The van der Waals surface area contributed by atoms with Crippen LogP contribution in [-0.2, 0) is 15.5 Å². The topological polar surface area (TPSA) is 61.9 Å². The van der Waals surface area contributed by atoms with Crippen LogP contribution in [0.3, 0.4) is 0 Å². The Kier molecular flexibility index (Phi) is 6.49. The fourth-order valence-electron chi connectivity index (χ4n) is 3.59. The second-order valence-electron chi connectivity index (χ2n) is 7.45. The molecule has 2 fully saturated rings. The molecule has 28 heavy (non-hydrogen) atoms. The quantitative estimate of drug-likeness (QED) is 0.854. The molecule has 1 aromatic carbocycles. The fourth-order valence-corrected chi connectivity index (χ4v) is 3.59. The molecule has 2 heterocycles. The van der Waals surface area contributed by atoms with Gasteiger partial charge in [-0.25, -0.2) is 13.6 Å². The molecule has 0 aliphatic carbocycles. The molecule has 1 aromatic rings. The number of carbonyl (C=O) groups is 2. The van der Waals surface area contributed by atoms with Crippen LogP contribution in [0.2, 0.25) is 0 Å². The maximum Gasteiger partial charge on any atom is 0.321 e. The van der Waals surface area contributed by atoms with E-state index >= 15 is 0 Å². The Hall–Kier alpha value is -2.22. The van der Waals surface area contributed by atoms with E-state index in [-0.39, 0.29) is 23.4 Å². The summed E-state index contributed by atoms with van der Waals surface area (Å²) in [5.41, 5.74) is 0.375. The highest BCUT2D eigenvalue weighted by molar-refractivity contribution is 5.89. The Morgan fingerprint density at radius 2 is 1.64 bits per heavy atom. The molecule has 0 unspecified atom stereocenters. The first-order valence-electron chi connectivity index (χ1n) is 9.75. The van der Waals surface area contributed by atoms with Crippen LogP contribution in [0.1, 0.15) is 31.7 Å². The zero-order valence-electron chi connectivity index (χ0n) is 16.1. The third-order valence-corrected chi connectivity index (χ3v) is 5.31. The first kappa shape index (κ1) is 20.5. The molecule has 0 radical (unpaired) electrons. The van der Waals surface area contributed by atoms with Gasteiger partial charge in [0.25, 0.3) is 5.92 Å². The molecule has 2 aliphatic rings. The molecule has 0 atom stereocenters. The highest BCUT2D eigenvalue weighted by Gasteiger charge is 2.29. The number of halogens is 2. The Bertz CT molecular complexity index is 685. The molecule has 6 nitrogen and oxygen atoms in total. The summed E-state index contributed by atoms with van der Waals surface area (Å²) in [7, 11) is 0. The second-order valence-corrected chi connectivity index (χ2v) is 7.45. The number of rotatable bonds is 3. The molecule has 0 aromatic heterocycles. The van der Waals surface area contributed by atoms with E-state index in [1.807, 2.05) is 4.90 Å². The van der Waals surface area contributed by atoms with Gasteiger partial charge >= 0.3 is 6.03 Å². The van der Waals surface area contributed by atoms with Crippen molar-refractivity contribution in [3.8, 4) is 0 Å². The van der Waals surface area contributed by atoms with Crippen molar-refractivity contribution >= 4 is 17.6 Å². The zero-order chi connectivity index (χ0) is 20.1. The summed E-state index contributed by atoms with van der Waals surface area (Å²) in [6.45, 7) is 4.24. The SMILES string of the molecule is CC(F)(F)c1ccc(NC(=O)N2CCCN(C(=O)C3CCOCC3)CC2)cc1. The molecule has 0 spiro atoms. The highest BCUT2D eigenvalue weighted by atomic mass is 19.3. The highest BCUT2D eigenvalue weighted by Crippen LogP contribution is 2.27. The minimum Gasteiger partial charge on any atom is -0.381 e. The molecule has 2 aliphatic heterocycles. The van der Waals surface area contributed by atoms with E-state index < -0.39 is 5.92 Å². The molecular weight excluding hydrogens is 368 g/mol. The number of carbonyl (C=O) groups excluding carboxylic acids is 2. The van der Waals surface area contributed by atoms with Crippen LogP contribution in [0.4, 0.5) is 19.3 Å². The molecule has 3 amide bonds. The largest absolute Gasteiger partial charge is 0.381 e. The average molecular weight is 395 g/mol. The van der Waals surface area contributed by atoms with Crippen LogP contribution in [-0.4, -0.2) is 61.1 Å². The van der Waals surface area contributed by atoms with E-state index in [9.17, 15) is 18.4 Å². The van der Waals surface area contributed by atoms with Crippen LogP contribution in [0.15, 0.2) is 24.3 Å². The summed E-state index contributed by atoms with van der Waals surface area (Å²) in [4.78, 5) is 28.7. The Labute approximate surface area is 163 Å². The van der Waals surface area contributed by atoms with Gasteiger partial charge in [0.2, 0.25) is 5.91 Å². The van der Waals surface area contributed by atoms with Gasteiger partial charge in [-0.1, -0.05) is 12.1 Å². The molecule has 0 saturated carbocycles. The van der Waals surface area contributed by atoms with Crippen molar-refractivity contribution < 1.29 is 23.1 Å². The van der Waals surface area contributed by atoms with Gasteiger partial charge in [0.1, 0.15) is 0 Å². The van der Waals surface area contributed by atoms with Crippen LogP contribution in [0.25, 0.3) is 0 Å². The van der Waals surface area contributed by atoms with E-state index in [1.54, 1.807) is 4.90 Å². The van der Waals surface area contributed by atoms with Gasteiger partial charge in [0.05, 0.1) is 0 Å². The first-order valence-corrected chi connectivity index (χ1v) is 9.75. The number of amides is 3. The molecular formula is C20H27F2N3O3. The number of hydrogen-bond donors (Lipinski definition) is 1. The van der Waals surface area contributed by atoms with Gasteiger partial charge in [0.15, 0.2) is 0 Å². The zero-order valence-corrected chi connectivity index (χ0v) is 16.1. The third kappa shape index (κ3) is 5.19. The van der Waals surface area contributed by atoms with Gasteiger partial charge < -0.3 is 19.9 Å². The number of benzene rings is 1. The van der Waals surface area contributed by atoms with Crippen molar-refractivity contribution in [3.05, 3.63) is 29.8 Å². The van der Waals surface area contributed by atoms with Gasteiger partial charge in [-0.3, -0.25) is 4.79 Å². The van der Waals surface area contributed by atoms with Crippen molar-refractivity contribution in [1.29, 1.82) is 0 Å². The predicted octanol–water partition coefficient (Wildman–Crippen LogP) is 3.29. The van der Waals surface area contributed by atoms with E-state index in [0.29, 0.717) is 51.5 Å². The summed E-state index contributed by atoms with van der Waals surface area (Å²) >= 11 is 0. The lowest BCUT2D eigenvalue weighted by atomic mass is 9.98. The number of nitrogens with one attached hydrogen (secondary N) is 1. The van der Waals surface area contributed by atoms with Crippen LogP contribution < -0.4 is 5.32 Å². The van der Waals surface area contributed by atoms with E-state index in [0.717, 1.165) is 19.8 Å². The van der Waals surface area contributed by atoms with Gasteiger partial charge in [-0.15, -0.1) is 0 Å². The maximum atomic E-state index is 13.3. The summed E-state index contributed by atoms with van der Waals surface area (Å²) in [5.74, 6) is -2.74. The molecule has 2 saturated heterocycles. The van der Waals surface area contributed by atoms with Crippen LogP contribution in [0.5, 0.6) is 0 Å². The summed E-state index contributed by atoms with van der Waals surface area (Å²) in [6.07, 6.45) is 2.22. The van der Waals surface area contributed by atoms with Gasteiger partial charge in [0, 0.05) is 63.5 Å². The minimum atomic E-state index is -2.91. The number of anilines is 1. The number of urea groups is 1. The fraction of sp³-hybridized carbons (Fsp3) is 0.600. The lowest BCUT2D eigenvalue weighted by Gasteiger charge is -2.28. The first-order chi connectivity index (χ1) is 13.3. The Morgan fingerprint density at radius 1 is 1.04 bits per heavy atom. The summed E-state index contributed by atoms with van der Waals surface area (Å²) < 4.78 is 31.9.